The van der Waals surface area contributed by atoms with Gasteiger partial charge in [0, 0.05) is 6.07 Å². The van der Waals surface area contributed by atoms with E-state index < -0.39 is 0 Å². The molecule has 0 fully saturated rings. The van der Waals surface area contributed by atoms with Gasteiger partial charge in [0.15, 0.2) is 0 Å². The number of hydrogen-bond acceptors (Lipinski definition) is 3. The maximum atomic E-state index is 12.9. The van der Waals surface area contributed by atoms with E-state index >= 15 is 0 Å². The van der Waals surface area contributed by atoms with E-state index in [1.54, 1.807) is 32.4 Å². The van der Waals surface area contributed by atoms with Crippen LogP contribution in [-0.4, -0.2) is 20.1 Å². The summed E-state index contributed by atoms with van der Waals surface area (Å²) in [5, 5.41) is 3.01. The number of ether oxygens (including phenoxy) is 2. The minimum absolute atomic E-state index is 0.0287. The number of carbonyl (C=O) groups is 1. The molecule has 2 rings (SSSR count). The van der Waals surface area contributed by atoms with Gasteiger partial charge in [-0.25, -0.2) is 0 Å². The van der Waals surface area contributed by atoms with Gasteiger partial charge < -0.3 is 14.8 Å². The van der Waals surface area contributed by atoms with E-state index in [9.17, 15) is 4.79 Å². The third kappa shape index (κ3) is 4.07. The zero-order chi connectivity index (χ0) is 17.5. The predicted octanol–water partition coefficient (Wildman–Crippen LogP) is 4.47. The fourth-order valence-electron chi connectivity index (χ4n) is 2.75. The fraction of sp³-hybridized carbons (Fsp3) is 0.350. The van der Waals surface area contributed by atoms with E-state index in [4.69, 9.17) is 9.47 Å². The van der Waals surface area contributed by atoms with Crippen molar-refractivity contribution in [3.63, 3.8) is 0 Å². The van der Waals surface area contributed by atoms with Crippen LogP contribution in [0.1, 0.15) is 31.7 Å². The van der Waals surface area contributed by atoms with Crippen LogP contribution >= 0.6 is 0 Å². The van der Waals surface area contributed by atoms with Crippen molar-refractivity contribution in [1.82, 2.24) is 0 Å². The Morgan fingerprint density at radius 1 is 1.08 bits per heavy atom. The Bertz CT molecular complexity index is 670. The SMILES string of the molecule is CC[C@@H](C)[C@@H](C(=O)Nc1ccc(OC)cc1OC)c1ccccc1. The summed E-state index contributed by atoms with van der Waals surface area (Å²) in [5.41, 5.74) is 1.67. The number of carbonyl (C=O) groups excluding carboxylic acids is 1. The first-order valence-electron chi connectivity index (χ1n) is 8.18. The van der Waals surface area contributed by atoms with Gasteiger partial charge >= 0.3 is 0 Å². The smallest absolute Gasteiger partial charge is 0.232 e. The Hall–Kier alpha value is -2.49. The van der Waals surface area contributed by atoms with Crippen LogP contribution in [0.15, 0.2) is 48.5 Å². The van der Waals surface area contributed by atoms with Crippen LogP contribution in [0.25, 0.3) is 0 Å². The van der Waals surface area contributed by atoms with Crippen LogP contribution in [0.3, 0.4) is 0 Å². The number of hydrogen-bond donors (Lipinski definition) is 1. The van der Waals surface area contributed by atoms with Crippen molar-refractivity contribution in [1.29, 1.82) is 0 Å². The zero-order valence-corrected chi connectivity index (χ0v) is 14.7. The molecule has 0 aromatic heterocycles. The molecule has 2 aromatic rings. The van der Waals surface area contributed by atoms with E-state index in [-0.39, 0.29) is 17.7 Å². The van der Waals surface area contributed by atoms with Crippen LogP contribution in [0.5, 0.6) is 11.5 Å². The van der Waals surface area contributed by atoms with Crippen molar-refractivity contribution in [3.8, 4) is 11.5 Å². The average Bonchev–Trinajstić information content (AvgIpc) is 2.62. The minimum atomic E-state index is -0.206. The average molecular weight is 327 g/mol. The van der Waals surface area contributed by atoms with Crippen LogP contribution < -0.4 is 14.8 Å². The first-order valence-corrected chi connectivity index (χ1v) is 8.18. The van der Waals surface area contributed by atoms with E-state index in [2.05, 4.69) is 19.2 Å². The molecule has 0 aliphatic carbocycles. The molecule has 2 atom stereocenters. The Kier molecular flexibility index (Phi) is 6.24. The van der Waals surface area contributed by atoms with E-state index in [1.807, 2.05) is 30.3 Å². The molecule has 0 bridgehead atoms. The first-order chi connectivity index (χ1) is 11.6. The summed E-state index contributed by atoms with van der Waals surface area (Å²) in [4.78, 5) is 12.9. The molecule has 1 N–H and O–H groups in total. The maximum Gasteiger partial charge on any atom is 0.232 e. The molecule has 0 unspecified atom stereocenters. The standard InChI is InChI=1S/C20H25NO3/c1-5-14(2)19(15-9-7-6-8-10-15)20(22)21-17-12-11-16(23-3)13-18(17)24-4/h6-14,19H,5H2,1-4H3,(H,21,22)/t14-,19-/m1/s1. The van der Waals surface area contributed by atoms with Crippen LogP contribution in [0, 0.1) is 5.92 Å². The second-order valence-corrected chi connectivity index (χ2v) is 5.83. The fourth-order valence-corrected chi connectivity index (χ4v) is 2.75. The second-order valence-electron chi connectivity index (χ2n) is 5.83. The molecule has 0 aliphatic heterocycles. The molecular formula is C20H25NO3. The quantitative estimate of drug-likeness (QED) is 0.816. The van der Waals surface area contributed by atoms with Crippen LogP contribution in [0.2, 0.25) is 0 Å². The highest BCUT2D eigenvalue weighted by Gasteiger charge is 2.26. The Morgan fingerprint density at radius 3 is 2.38 bits per heavy atom. The molecule has 0 saturated carbocycles. The monoisotopic (exact) mass is 327 g/mol. The Labute approximate surface area is 143 Å². The summed E-state index contributed by atoms with van der Waals surface area (Å²) in [6.07, 6.45) is 0.923. The van der Waals surface area contributed by atoms with Gasteiger partial charge in [0.05, 0.1) is 25.8 Å². The van der Waals surface area contributed by atoms with Gasteiger partial charge in [0.25, 0.3) is 0 Å². The molecule has 0 saturated heterocycles. The van der Waals surface area contributed by atoms with Gasteiger partial charge in [-0.1, -0.05) is 50.6 Å². The van der Waals surface area contributed by atoms with Gasteiger partial charge in [-0.3, -0.25) is 4.79 Å². The molecule has 0 heterocycles. The summed E-state index contributed by atoms with van der Waals surface area (Å²) in [7, 11) is 3.18. The van der Waals surface area contributed by atoms with Gasteiger partial charge in [0.2, 0.25) is 5.91 Å². The highest BCUT2D eigenvalue weighted by molar-refractivity contribution is 5.97. The number of rotatable bonds is 7. The lowest BCUT2D eigenvalue weighted by molar-refractivity contribution is -0.118. The lowest BCUT2D eigenvalue weighted by Crippen LogP contribution is -2.26. The van der Waals surface area contributed by atoms with Gasteiger partial charge in [0.1, 0.15) is 11.5 Å². The number of anilines is 1. The normalized spacial score (nSPS) is 13.0. The summed E-state index contributed by atoms with van der Waals surface area (Å²) < 4.78 is 10.6. The summed E-state index contributed by atoms with van der Waals surface area (Å²) in [5.74, 6) is 1.27. The van der Waals surface area contributed by atoms with E-state index in [0.717, 1.165) is 12.0 Å². The summed E-state index contributed by atoms with van der Waals surface area (Å²) >= 11 is 0. The Morgan fingerprint density at radius 2 is 1.79 bits per heavy atom. The lowest BCUT2D eigenvalue weighted by Gasteiger charge is -2.23. The molecule has 2 aromatic carbocycles. The molecule has 4 heteroatoms. The number of amides is 1. The number of methoxy groups -OCH3 is 2. The van der Waals surface area contributed by atoms with Crippen molar-refractivity contribution in [2.75, 3.05) is 19.5 Å². The van der Waals surface area contributed by atoms with Crippen LogP contribution in [0.4, 0.5) is 5.69 Å². The highest BCUT2D eigenvalue weighted by atomic mass is 16.5. The molecule has 0 aliphatic rings. The van der Waals surface area contributed by atoms with Gasteiger partial charge in [-0.15, -0.1) is 0 Å². The minimum Gasteiger partial charge on any atom is -0.497 e. The third-order valence-electron chi connectivity index (χ3n) is 4.32. The molecule has 0 spiro atoms. The first kappa shape index (κ1) is 17.9. The molecule has 4 nitrogen and oxygen atoms in total. The predicted molar refractivity (Wildman–Crippen MR) is 96.8 cm³/mol. The van der Waals surface area contributed by atoms with E-state index in [1.165, 1.54) is 0 Å². The molecule has 0 radical (unpaired) electrons. The largest absolute Gasteiger partial charge is 0.497 e. The summed E-state index contributed by atoms with van der Waals surface area (Å²) in [6.45, 7) is 4.20. The van der Waals surface area contributed by atoms with Crippen molar-refractivity contribution in [2.45, 2.75) is 26.2 Å². The van der Waals surface area contributed by atoms with Crippen molar-refractivity contribution < 1.29 is 14.3 Å². The number of benzene rings is 2. The van der Waals surface area contributed by atoms with Crippen molar-refractivity contribution >= 4 is 11.6 Å². The van der Waals surface area contributed by atoms with Gasteiger partial charge in [-0.05, 0) is 23.6 Å². The highest BCUT2D eigenvalue weighted by Crippen LogP contribution is 2.32. The molecular weight excluding hydrogens is 302 g/mol. The van der Waals surface area contributed by atoms with Crippen LogP contribution in [-0.2, 0) is 4.79 Å². The maximum absolute atomic E-state index is 12.9. The topological polar surface area (TPSA) is 47.6 Å². The molecule has 1 amide bonds. The number of nitrogens with one attached hydrogen (secondary N) is 1. The molecule has 128 valence electrons. The third-order valence-corrected chi connectivity index (χ3v) is 4.32. The van der Waals surface area contributed by atoms with Crippen molar-refractivity contribution in [2.24, 2.45) is 5.92 Å². The van der Waals surface area contributed by atoms with Crippen molar-refractivity contribution in [3.05, 3.63) is 54.1 Å². The van der Waals surface area contributed by atoms with Gasteiger partial charge in [-0.2, -0.15) is 0 Å². The Balaban J connectivity index is 2.28. The zero-order valence-electron chi connectivity index (χ0n) is 14.7. The van der Waals surface area contributed by atoms with E-state index in [0.29, 0.717) is 17.2 Å². The molecule has 24 heavy (non-hydrogen) atoms. The summed E-state index contributed by atoms with van der Waals surface area (Å²) in [6, 6.07) is 15.3. The lowest BCUT2D eigenvalue weighted by atomic mass is 9.85. The second kappa shape index (κ2) is 8.39.